The lowest BCUT2D eigenvalue weighted by Crippen LogP contribution is -2.50. The summed E-state index contributed by atoms with van der Waals surface area (Å²) in [7, 11) is 3.65. The van der Waals surface area contributed by atoms with Gasteiger partial charge in [0.15, 0.2) is 0 Å². The average Bonchev–Trinajstić information content (AvgIpc) is 3.33. The Morgan fingerprint density at radius 1 is 1.05 bits per heavy atom. The molecule has 3 N–H and O–H groups in total. The van der Waals surface area contributed by atoms with Gasteiger partial charge in [0.05, 0.1) is 31.2 Å². The number of hydrogen-bond donors (Lipinski definition) is 3. The van der Waals surface area contributed by atoms with Gasteiger partial charge in [-0.1, -0.05) is 43.3 Å². The molecule has 3 aromatic carbocycles. The molecule has 10 heteroatoms. The fourth-order valence-corrected chi connectivity index (χ4v) is 5.56. The van der Waals surface area contributed by atoms with E-state index in [1.165, 1.54) is 0 Å². The molecule has 5 rings (SSSR count). The summed E-state index contributed by atoms with van der Waals surface area (Å²) in [5.41, 5.74) is 3.38. The molecule has 0 saturated carbocycles. The molecule has 0 spiro atoms. The quantitative estimate of drug-likeness (QED) is 0.271. The highest BCUT2D eigenvalue weighted by Crippen LogP contribution is 2.31. The second kappa shape index (κ2) is 13.2. The molecule has 0 unspecified atom stereocenters. The third kappa shape index (κ3) is 6.70. The monoisotopic (exact) mass is 597 g/mol. The Balaban J connectivity index is 1.36. The fraction of sp³-hybridized carbons (Fsp3) is 0.324. The van der Waals surface area contributed by atoms with Crippen molar-refractivity contribution in [2.45, 2.75) is 32.4 Å². The smallest absolute Gasteiger partial charge is 0.321 e. The van der Waals surface area contributed by atoms with Crippen LogP contribution in [-0.2, 0) is 18.3 Å². The average molecular weight is 598 g/mol. The molecule has 10 nitrogen and oxygen atoms in total. The predicted octanol–water partition coefficient (Wildman–Crippen LogP) is 4.74. The molecule has 2 heterocycles. The summed E-state index contributed by atoms with van der Waals surface area (Å²) in [6.45, 7) is 4.12. The standard InChI is InChI=1S/C34H39N5O5/c1-22-18-39(23(2)21-40)33(42)28-17-26(35-32(41)16-24-19-37(3)29-13-9-8-12-27(24)29)14-15-30(28)44-31(22)20-38(4)34(43)36-25-10-6-5-7-11-25/h5-15,17,19,22-23,31,40H,16,18,20-21H2,1-4H3,(H,35,41)(H,36,43)/t22-,23+,31-/m0/s1. The molecule has 1 aromatic heterocycles. The molecule has 0 fully saturated rings. The summed E-state index contributed by atoms with van der Waals surface area (Å²) in [6.07, 6.45) is 1.68. The topological polar surface area (TPSA) is 116 Å². The minimum atomic E-state index is -0.450. The number of nitrogens with zero attached hydrogens (tertiary/aromatic N) is 3. The van der Waals surface area contributed by atoms with Gasteiger partial charge < -0.3 is 34.8 Å². The number of aromatic nitrogens is 1. The maximum absolute atomic E-state index is 13.8. The SMILES string of the molecule is C[C@H](CO)N1C[C@H](C)[C@H](CN(C)C(=O)Nc2ccccc2)Oc2ccc(NC(=O)Cc3cn(C)c4ccccc34)cc2C1=O. The number of anilines is 2. The Kier molecular flexibility index (Phi) is 9.20. The Morgan fingerprint density at radius 3 is 2.52 bits per heavy atom. The Labute approximate surface area is 257 Å². The first-order valence-electron chi connectivity index (χ1n) is 14.8. The van der Waals surface area contributed by atoms with Crippen molar-refractivity contribution < 1.29 is 24.2 Å². The highest BCUT2D eigenvalue weighted by atomic mass is 16.5. The molecule has 1 aliphatic rings. The van der Waals surface area contributed by atoms with Crippen molar-refractivity contribution in [3.05, 3.63) is 90.1 Å². The zero-order valence-corrected chi connectivity index (χ0v) is 25.5. The van der Waals surface area contributed by atoms with Crippen molar-refractivity contribution in [1.29, 1.82) is 0 Å². The van der Waals surface area contributed by atoms with Gasteiger partial charge in [0.25, 0.3) is 5.91 Å². The maximum atomic E-state index is 13.8. The number of rotatable bonds is 8. The third-order valence-electron chi connectivity index (χ3n) is 8.10. The third-order valence-corrected chi connectivity index (χ3v) is 8.10. The van der Waals surface area contributed by atoms with Gasteiger partial charge in [-0.3, -0.25) is 9.59 Å². The van der Waals surface area contributed by atoms with Crippen LogP contribution in [0.3, 0.4) is 0 Å². The number of aliphatic hydroxyl groups is 1. The first kappa shape index (κ1) is 30.6. The second-order valence-corrected chi connectivity index (χ2v) is 11.5. The van der Waals surface area contributed by atoms with Crippen molar-refractivity contribution in [2.24, 2.45) is 13.0 Å². The number of amides is 4. The molecule has 4 aromatic rings. The lowest BCUT2D eigenvalue weighted by Gasteiger charge is -2.38. The highest BCUT2D eigenvalue weighted by Gasteiger charge is 2.34. The highest BCUT2D eigenvalue weighted by molar-refractivity contribution is 6.01. The van der Waals surface area contributed by atoms with Crippen LogP contribution in [0.4, 0.5) is 16.2 Å². The number of urea groups is 1. The van der Waals surface area contributed by atoms with Crippen LogP contribution in [0.1, 0.15) is 29.8 Å². The molecule has 0 saturated heterocycles. The lowest BCUT2D eigenvalue weighted by molar-refractivity contribution is -0.115. The van der Waals surface area contributed by atoms with Gasteiger partial charge in [-0.05, 0) is 48.9 Å². The molecule has 44 heavy (non-hydrogen) atoms. The zero-order valence-electron chi connectivity index (χ0n) is 25.5. The van der Waals surface area contributed by atoms with Gasteiger partial charge in [-0.25, -0.2) is 4.79 Å². The zero-order chi connectivity index (χ0) is 31.4. The van der Waals surface area contributed by atoms with Crippen LogP contribution in [0, 0.1) is 5.92 Å². The van der Waals surface area contributed by atoms with Gasteiger partial charge in [0.1, 0.15) is 11.9 Å². The summed E-state index contributed by atoms with van der Waals surface area (Å²) >= 11 is 0. The number of carbonyl (C=O) groups is 3. The number of nitrogens with one attached hydrogen (secondary N) is 2. The molecule has 3 atom stereocenters. The predicted molar refractivity (Wildman–Crippen MR) is 171 cm³/mol. The van der Waals surface area contributed by atoms with Crippen molar-refractivity contribution in [2.75, 3.05) is 37.4 Å². The van der Waals surface area contributed by atoms with E-state index < -0.39 is 12.1 Å². The molecule has 1 aliphatic heterocycles. The van der Waals surface area contributed by atoms with Crippen LogP contribution < -0.4 is 15.4 Å². The van der Waals surface area contributed by atoms with Gasteiger partial charge in [-0.2, -0.15) is 0 Å². The summed E-state index contributed by atoms with van der Waals surface area (Å²) in [4.78, 5) is 43.0. The normalized spacial score (nSPS) is 17.2. The van der Waals surface area contributed by atoms with Crippen molar-refractivity contribution in [3.63, 3.8) is 0 Å². The fourth-order valence-electron chi connectivity index (χ4n) is 5.56. The number of carbonyl (C=O) groups excluding carboxylic acids is 3. The number of para-hydroxylation sites is 2. The van der Waals surface area contributed by atoms with E-state index in [1.807, 2.05) is 79.3 Å². The van der Waals surface area contributed by atoms with Gasteiger partial charge >= 0.3 is 6.03 Å². The number of hydrogen-bond acceptors (Lipinski definition) is 5. The number of aliphatic hydroxyl groups excluding tert-OH is 1. The largest absolute Gasteiger partial charge is 0.487 e. The Bertz CT molecular complexity index is 1650. The molecular weight excluding hydrogens is 558 g/mol. The van der Waals surface area contributed by atoms with E-state index in [2.05, 4.69) is 10.6 Å². The van der Waals surface area contributed by atoms with Crippen LogP contribution in [0.25, 0.3) is 10.9 Å². The molecular formula is C34H39N5O5. The number of ether oxygens (including phenoxy) is 1. The van der Waals surface area contributed by atoms with Gasteiger partial charge in [0.2, 0.25) is 5.91 Å². The van der Waals surface area contributed by atoms with Crippen LogP contribution in [0.15, 0.2) is 79.0 Å². The van der Waals surface area contributed by atoms with E-state index in [9.17, 15) is 19.5 Å². The molecule has 4 amide bonds. The molecule has 0 bridgehead atoms. The number of aryl methyl sites for hydroxylation is 1. The number of benzene rings is 3. The Hall–Kier alpha value is -4.83. The van der Waals surface area contributed by atoms with Gasteiger partial charge in [-0.15, -0.1) is 0 Å². The van der Waals surface area contributed by atoms with E-state index in [-0.39, 0.29) is 48.9 Å². The van der Waals surface area contributed by atoms with E-state index in [0.29, 0.717) is 23.7 Å². The van der Waals surface area contributed by atoms with E-state index in [4.69, 9.17) is 4.74 Å². The van der Waals surface area contributed by atoms with Gasteiger partial charge in [0, 0.05) is 55.0 Å². The maximum Gasteiger partial charge on any atom is 0.321 e. The van der Waals surface area contributed by atoms with E-state index in [1.54, 1.807) is 42.0 Å². The van der Waals surface area contributed by atoms with E-state index >= 15 is 0 Å². The second-order valence-electron chi connectivity index (χ2n) is 11.5. The number of fused-ring (bicyclic) bond motifs is 2. The summed E-state index contributed by atoms with van der Waals surface area (Å²) in [5, 5.41) is 16.8. The van der Waals surface area contributed by atoms with E-state index in [0.717, 1.165) is 16.5 Å². The molecule has 230 valence electrons. The van der Waals surface area contributed by atoms with Crippen LogP contribution in [-0.4, -0.2) is 76.2 Å². The van der Waals surface area contributed by atoms with Crippen LogP contribution in [0.2, 0.25) is 0 Å². The minimum Gasteiger partial charge on any atom is -0.487 e. The van der Waals surface area contributed by atoms with Crippen molar-refractivity contribution >= 4 is 40.1 Å². The van der Waals surface area contributed by atoms with Crippen molar-refractivity contribution in [3.8, 4) is 5.75 Å². The summed E-state index contributed by atoms with van der Waals surface area (Å²) < 4.78 is 8.41. The minimum absolute atomic E-state index is 0.159. The molecule has 0 radical (unpaired) electrons. The first-order valence-corrected chi connectivity index (χ1v) is 14.8. The molecule has 0 aliphatic carbocycles. The Morgan fingerprint density at radius 2 is 1.77 bits per heavy atom. The number of likely N-dealkylation sites (N-methyl/N-ethyl adjacent to an activating group) is 1. The summed E-state index contributed by atoms with van der Waals surface area (Å²) in [5.74, 6) is -0.315. The first-order chi connectivity index (χ1) is 21.1. The van der Waals surface area contributed by atoms with Crippen LogP contribution >= 0.6 is 0 Å². The van der Waals surface area contributed by atoms with Crippen molar-refractivity contribution in [1.82, 2.24) is 14.4 Å². The summed E-state index contributed by atoms with van der Waals surface area (Å²) in [6, 6.07) is 21.4. The lowest BCUT2D eigenvalue weighted by atomic mass is 9.99. The van der Waals surface area contributed by atoms with Crippen LogP contribution in [0.5, 0.6) is 5.75 Å².